The molecule has 0 radical (unpaired) electrons. The zero-order valence-corrected chi connectivity index (χ0v) is 18.8. The average Bonchev–Trinajstić information content (AvgIpc) is 2.76. The van der Waals surface area contributed by atoms with E-state index in [1.54, 1.807) is 42.1 Å². The Kier molecular flexibility index (Phi) is 7.63. The van der Waals surface area contributed by atoms with Gasteiger partial charge in [0, 0.05) is 38.1 Å². The smallest absolute Gasteiger partial charge is 0.319 e. The molecular weight excluding hydrogens is 418 g/mol. The van der Waals surface area contributed by atoms with Crippen molar-refractivity contribution in [2.75, 3.05) is 39.1 Å². The van der Waals surface area contributed by atoms with Crippen LogP contribution in [0.25, 0.3) is 0 Å². The molecule has 166 valence electrons. The Bertz CT molecular complexity index is 910. The highest BCUT2D eigenvalue weighted by molar-refractivity contribution is 6.31. The van der Waals surface area contributed by atoms with Crippen molar-refractivity contribution >= 4 is 29.2 Å². The quantitative estimate of drug-likeness (QED) is 0.689. The monoisotopic (exact) mass is 445 g/mol. The number of ether oxygens (including phenoxy) is 2. The van der Waals surface area contributed by atoms with Crippen molar-refractivity contribution < 1.29 is 19.1 Å². The van der Waals surface area contributed by atoms with E-state index in [-0.39, 0.29) is 17.9 Å². The van der Waals surface area contributed by atoms with Gasteiger partial charge in [-0.05, 0) is 62.2 Å². The number of carbonyl (C=O) groups excluding carboxylic acids is 2. The molecule has 1 heterocycles. The van der Waals surface area contributed by atoms with Crippen molar-refractivity contribution in [2.24, 2.45) is 5.92 Å². The molecule has 7 nitrogen and oxygen atoms in total. The third-order valence-electron chi connectivity index (χ3n) is 5.08. The summed E-state index contributed by atoms with van der Waals surface area (Å²) in [4.78, 5) is 28.3. The number of carbonyl (C=O) groups is 2. The third kappa shape index (κ3) is 6.04. The first-order valence-electron chi connectivity index (χ1n) is 10.3. The van der Waals surface area contributed by atoms with E-state index in [1.165, 1.54) is 0 Å². The first-order chi connectivity index (χ1) is 14.9. The predicted molar refractivity (Wildman–Crippen MR) is 121 cm³/mol. The number of rotatable bonds is 6. The maximum Gasteiger partial charge on any atom is 0.319 e. The minimum Gasteiger partial charge on any atom is -0.494 e. The molecule has 8 heteroatoms. The maximum absolute atomic E-state index is 12.9. The van der Waals surface area contributed by atoms with E-state index in [2.05, 4.69) is 5.32 Å². The van der Waals surface area contributed by atoms with Gasteiger partial charge < -0.3 is 24.6 Å². The second kappa shape index (κ2) is 10.4. The number of hydrogen-bond donors (Lipinski definition) is 1. The maximum atomic E-state index is 12.9. The molecule has 3 rings (SSSR count). The molecule has 0 aromatic heterocycles. The first kappa shape index (κ1) is 22.7. The Morgan fingerprint density at radius 1 is 1.10 bits per heavy atom. The highest BCUT2D eigenvalue weighted by Crippen LogP contribution is 2.33. The number of halogens is 1. The highest BCUT2D eigenvalue weighted by atomic mass is 35.5. The molecular formula is C23H28ClN3O4. The van der Waals surface area contributed by atoms with Gasteiger partial charge in [0.2, 0.25) is 5.91 Å². The lowest BCUT2D eigenvalue weighted by Gasteiger charge is -2.33. The minimum atomic E-state index is -0.177. The topological polar surface area (TPSA) is 71.1 Å². The van der Waals surface area contributed by atoms with E-state index in [9.17, 15) is 9.59 Å². The lowest BCUT2D eigenvalue weighted by molar-refractivity contribution is -0.121. The van der Waals surface area contributed by atoms with E-state index in [1.807, 2.05) is 31.2 Å². The standard InChI is InChI=1S/C23H28ClN3O4/c1-4-30-18-6-8-19(9-7-18)31-21-10-5-17(24)15-20(21)25-22(28)16-11-13-27(14-12-16)23(29)26(2)3/h5-10,15-16H,4,11-14H2,1-3H3,(H,25,28). The zero-order chi connectivity index (χ0) is 22.4. The normalized spacial score (nSPS) is 14.1. The summed E-state index contributed by atoms with van der Waals surface area (Å²) in [5.41, 5.74) is 0.512. The fourth-order valence-corrected chi connectivity index (χ4v) is 3.61. The summed E-state index contributed by atoms with van der Waals surface area (Å²) in [6.07, 6.45) is 1.22. The summed E-state index contributed by atoms with van der Waals surface area (Å²) in [7, 11) is 3.46. The molecule has 1 N–H and O–H groups in total. The predicted octanol–water partition coefficient (Wildman–Crippen LogP) is 4.86. The van der Waals surface area contributed by atoms with Crippen LogP contribution >= 0.6 is 11.6 Å². The molecule has 1 aliphatic heterocycles. The summed E-state index contributed by atoms with van der Waals surface area (Å²) >= 11 is 6.16. The summed E-state index contributed by atoms with van der Waals surface area (Å²) in [6.45, 7) is 3.63. The van der Waals surface area contributed by atoms with Gasteiger partial charge in [-0.2, -0.15) is 0 Å². The largest absolute Gasteiger partial charge is 0.494 e. The molecule has 31 heavy (non-hydrogen) atoms. The van der Waals surface area contributed by atoms with Crippen LogP contribution in [0.2, 0.25) is 5.02 Å². The number of amides is 3. The molecule has 0 saturated carbocycles. The number of nitrogens with zero attached hydrogens (tertiary/aromatic N) is 2. The van der Waals surface area contributed by atoms with Crippen LogP contribution in [0, 0.1) is 5.92 Å². The summed E-state index contributed by atoms with van der Waals surface area (Å²) < 4.78 is 11.4. The first-order valence-corrected chi connectivity index (χ1v) is 10.7. The van der Waals surface area contributed by atoms with Crippen LogP contribution in [-0.4, -0.2) is 55.5 Å². The van der Waals surface area contributed by atoms with Crippen LogP contribution in [0.15, 0.2) is 42.5 Å². The number of nitrogens with one attached hydrogen (secondary N) is 1. The molecule has 0 bridgehead atoms. The Hall–Kier alpha value is -2.93. The SMILES string of the molecule is CCOc1ccc(Oc2ccc(Cl)cc2NC(=O)C2CCN(C(=O)N(C)C)CC2)cc1. The van der Waals surface area contributed by atoms with Crippen molar-refractivity contribution in [3.05, 3.63) is 47.5 Å². The van der Waals surface area contributed by atoms with Crippen LogP contribution in [0.4, 0.5) is 10.5 Å². The van der Waals surface area contributed by atoms with Crippen molar-refractivity contribution in [1.82, 2.24) is 9.80 Å². The van der Waals surface area contributed by atoms with E-state index in [0.717, 1.165) is 5.75 Å². The van der Waals surface area contributed by atoms with E-state index < -0.39 is 0 Å². The van der Waals surface area contributed by atoms with Crippen LogP contribution in [0.1, 0.15) is 19.8 Å². The van der Waals surface area contributed by atoms with Gasteiger partial charge >= 0.3 is 6.03 Å². The fourth-order valence-electron chi connectivity index (χ4n) is 3.44. The average molecular weight is 446 g/mol. The van der Waals surface area contributed by atoms with Crippen molar-refractivity contribution in [3.8, 4) is 17.2 Å². The highest BCUT2D eigenvalue weighted by Gasteiger charge is 2.28. The van der Waals surface area contributed by atoms with E-state index >= 15 is 0 Å². The van der Waals surface area contributed by atoms with E-state index in [0.29, 0.717) is 54.7 Å². The number of anilines is 1. The Balaban J connectivity index is 1.65. The van der Waals surface area contributed by atoms with E-state index in [4.69, 9.17) is 21.1 Å². The van der Waals surface area contributed by atoms with Gasteiger partial charge in [-0.25, -0.2) is 4.79 Å². The van der Waals surface area contributed by atoms with Crippen LogP contribution < -0.4 is 14.8 Å². The summed E-state index contributed by atoms with van der Waals surface area (Å²) in [5.74, 6) is 1.61. The Morgan fingerprint density at radius 2 is 1.74 bits per heavy atom. The van der Waals surface area contributed by atoms with Gasteiger partial charge in [0.15, 0.2) is 5.75 Å². The van der Waals surface area contributed by atoms with Crippen molar-refractivity contribution in [1.29, 1.82) is 0 Å². The molecule has 0 unspecified atom stereocenters. The molecule has 1 aliphatic rings. The van der Waals surface area contributed by atoms with Crippen LogP contribution in [0.3, 0.4) is 0 Å². The number of hydrogen-bond acceptors (Lipinski definition) is 4. The second-order valence-corrected chi connectivity index (χ2v) is 8.01. The fraction of sp³-hybridized carbons (Fsp3) is 0.391. The molecule has 1 fully saturated rings. The van der Waals surface area contributed by atoms with Crippen LogP contribution in [-0.2, 0) is 4.79 Å². The minimum absolute atomic E-state index is 0.0280. The molecule has 0 aliphatic carbocycles. The number of likely N-dealkylation sites (tertiary alicyclic amines) is 1. The molecule has 3 amide bonds. The van der Waals surface area contributed by atoms with Gasteiger partial charge in [0.1, 0.15) is 11.5 Å². The molecule has 0 spiro atoms. The molecule has 1 saturated heterocycles. The molecule has 2 aromatic carbocycles. The van der Waals surface area contributed by atoms with Gasteiger partial charge in [-0.1, -0.05) is 11.6 Å². The Morgan fingerprint density at radius 3 is 2.35 bits per heavy atom. The molecule has 0 atom stereocenters. The Labute approximate surface area is 187 Å². The van der Waals surface area contributed by atoms with Gasteiger partial charge in [0.25, 0.3) is 0 Å². The van der Waals surface area contributed by atoms with Crippen LogP contribution in [0.5, 0.6) is 17.2 Å². The van der Waals surface area contributed by atoms with Crippen molar-refractivity contribution in [2.45, 2.75) is 19.8 Å². The third-order valence-corrected chi connectivity index (χ3v) is 5.32. The number of urea groups is 1. The zero-order valence-electron chi connectivity index (χ0n) is 18.1. The second-order valence-electron chi connectivity index (χ2n) is 7.57. The number of benzene rings is 2. The number of piperidine rings is 1. The van der Waals surface area contributed by atoms with Crippen molar-refractivity contribution in [3.63, 3.8) is 0 Å². The van der Waals surface area contributed by atoms with Gasteiger partial charge in [-0.15, -0.1) is 0 Å². The summed E-state index contributed by atoms with van der Waals surface area (Å²) in [6, 6.07) is 12.4. The van der Waals surface area contributed by atoms with Gasteiger partial charge in [-0.3, -0.25) is 4.79 Å². The molecule has 2 aromatic rings. The lowest BCUT2D eigenvalue weighted by atomic mass is 9.96. The summed E-state index contributed by atoms with van der Waals surface area (Å²) in [5, 5.41) is 3.45. The lowest BCUT2D eigenvalue weighted by Crippen LogP contribution is -2.45. The van der Waals surface area contributed by atoms with Gasteiger partial charge in [0.05, 0.1) is 12.3 Å².